The van der Waals surface area contributed by atoms with E-state index in [1.54, 1.807) is 0 Å². The van der Waals surface area contributed by atoms with Crippen LogP contribution in [0.15, 0.2) is 79.6 Å². The normalized spacial score (nSPS) is 19.4. The maximum absolute atomic E-state index is 12.7. The number of carboxylic acid groups (broad SMARTS) is 1. The van der Waals surface area contributed by atoms with Crippen molar-refractivity contribution in [2.45, 2.75) is 24.9 Å². The molecular formula is C31H25N2O19P3. The first-order valence-corrected chi connectivity index (χ1v) is 19.8. The van der Waals surface area contributed by atoms with Crippen molar-refractivity contribution in [3.05, 3.63) is 109 Å². The number of phosphoric acid groups is 3. The molecular weight excluding hydrogens is 797 g/mol. The van der Waals surface area contributed by atoms with Crippen LogP contribution in [0.1, 0.15) is 34.1 Å². The highest BCUT2D eigenvalue weighted by molar-refractivity contribution is 7.66. The molecule has 24 heteroatoms. The number of aliphatic hydroxyl groups excluding tert-OH is 1. The maximum atomic E-state index is 12.7. The highest BCUT2D eigenvalue weighted by Gasteiger charge is 2.43. The van der Waals surface area contributed by atoms with Gasteiger partial charge in [-0.15, -0.1) is 0 Å². The van der Waals surface area contributed by atoms with Gasteiger partial charge in [0.15, 0.2) is 5.43 Å². The number of phenolic OH excluding ortho intramolecular Hbond substituents is 1. The van der Waals surface area contributed by atoms with Crippen LogP contribution in [-0.4, -0.2) is 69.2 Å². The van der Waals surface area contributed by atoms with E-state index in [1.807, 2.05) is 4.98 Å². The average Bonchev–Trinajstić information content (AvgIpc) is 3.43. The fourth-order valence-electron chi connectivity index (χ4n) is 5.60. The number of aromatic amines is 1. The first-order chi connectivity index (χ1) is 25.7. The van der Waals surface area contributed by atoms with E-state index in [0.717, 1.165) is 10.8 Å². The Morgan fingerprint density at radius 1 is 0.927 bits per heavy atom. The topological polar surface area (TPSA) is 332 Å². The van der Waals surface area contributed by atoms with E-state index in [4.69, 9.17) is 18.9 Å². The molecule has 0 saturated carbocycles. The minimum atomic E-state index is -5.81. The van der Waals surface area contributed by atoms with Crippen molar-refractivity contribution in [3.8, 4) is 40.0 Å². The number of phenols is 1. The molecule has 2 unspecified atom stereocenters. The Bertz CT molecular complexity index is 2720. The smallest absolute Gasteiger partial charge is 0.490 e. The lowest BCUT2D eigenvalue weighted by atomic mass is 9.90. The fourth-order valence-corrected chi connectivity index (χ4v) is 8.63. The van der Waals surface area contributed by atoms with Crippen LogP contribution >= 0.6 is 23.5 Å². The summed E-state index contributed by atoms with van der Waals surface area (Å²) in [5, 5.41) is 31.1. The Labute approximate surface area is 305 Å². The number of aromatic hydroxyl groups is 1. The quantitative estimate of drug-likeness (QED) is 0.0568. The summed E-state index contributed by atoms with van der Waals surface area (Å²) in [6.07, 6.45) is -3.71. The molecule has 1 aromatic heterocycles. The summed E-state index contributed by atoms with van der Waals surface area (Å²) in [6.45, 7) is -1.01. The minimum Gasteiger partial charge on any atom is -0.508 e. The standard InChI is InChI=1S/C31H25N2O19P3/c34-17-4-7-20-24(10-17)49-25-11-18(35)5-8-21(25)28(20)19-6-2-15(9-22(19)30(38)39)1-3-16-13-33(31(40)32-29(16)37)27-12-23(36)26(50-27)14-48-54(44,45)52-55(46,47)51-53(41,42)43/h2,4-11,13,23,26-27,34,36H,12,14H2,(H,38,39)(H,44,45)(H,46,47)(H,32,37,40)(H2,41,42,43)/t23-,26+,27+/m0/s1. The molecule has 1 saturated heterocycles. The average molecular weight is 822 g/mol. The Balaban J connectivity index is 1.26. The van der Waals surface area contributed by atoms with Crippen LogP contribution < -0.4 is 16.7 Å². The Hall–Kier alpha value is -5.03. The highest BCUT2D eigenvalue weighted by atomic mass is 31.3. The Morgan fingerprint density at radius 2 is 1.65 bits per heavy atom. The highest BCUT2D eigenvalue weighted by Crippen LogP contribution is 2.66. The van der Waals surface area contributed by atoms with Crippen LogP contribution in [-0.2, 0) is 31.6 Å². The van der Waals surface area contributed by atoms with Crippen molar-refractivity contribution < 1.29 is 75.7 Å². The van der Waals surface area contributed by atoms with Crippen molar-refractivity contribution in [1.29, 1.82) is 0 Å². The van der Waals surface area contributed by atoms with Gasteiger partial charge in [0.25, 0.3) is 5.56 Å². The van der Waals surface area contributed by atoms with E-state index in [-0.39, 0.29) is 51.2 Å². The molecule has 288 valence electrons. The van der Waals surface area contributed by atoms with E-state index in [1.165, 1.54) is 54.6 Å². The third-order valence-electron chi connectivity index (χ3n) is 7.84. The Morgan fingerprint density at radius 3 is 2.36 bits per heavy atom. The number of aromatic nitrogens is 2. The van der Waals surface area contributed by atoms with E-state index < -0.39 is 65.7 Å². The number of nitrogens with zero attached hydrogens (tertiary/aromatic N) is 1. The molecule has 3 aliphatic rings. The predicted molar refractivity (Wildman–Crippen MR) is 185 cm³/mol. The summed E-state index contributed by atoms with van der Waals surface area (Å²) in [5.74, 6) is 3.86. The molecule has 1 aliphatic carbocycles. The van der Waals surface area contributed by atoms with Crippen LogP contribution in [0.4, 0.5) is 0 Å². The largest absolute Gasteiger partial charge is 0.508 e. The fraction of sp³-hybridized carbons (Fsp3) is 0.161. The van der Waals surface area contributed by atoms with Crippen molar-refractivity contribution >= 4 is 40.4 Å². The number of hydrogen-bond donors (Lipinski definition) is 8. The molecule has 2 aromatic carbocycles. The zero-order valence-corrected chi connectivity index (χ0v) is 29.9. The van der Waals surface area contributed by atoms with Crippen molar-refractivity contribution in [2.75, 3.05) is 6.61 Å². The molecule has 1 fully saturated rings. The van der Waals surface area contributed by atoms with Gasteiger partial charge in [-0.3, -0.25) is 23.7 Å². The molecule has 21 nitrogen and oxygen atoms in total. The summed E-state index contributed by atoms with van der Waals surface area (Å²) in [7, 11) is -17.0. The third-order valence-corrected chi connectivity index (χ3v) is 11.6. The number of carboxylic acids is 1. The molecule has 55 heavy (non-hydrogen) atoms. The number of rotatable bonds is 10. The van der Waals surface area contributed by atoms with Gasteiger partial charge in [-0.05, 0) is 42.0 Å². The van der Waals surface area contributed by atoms with Gasteiger partial charge in [0, 0.05) is 46.8 Å². The monoisotopic (exact) mass is 822 g/mol. The SMILES string of the molecule is O=C(O)c1cc(C#Cc2cn([C@H]3C[C@H](O)[C@@H](COP(=O)(O)OP(=O)(O)OP(=O)(O)O)O3)c(=O)[nH]c2=O)ccc1-c1c2ccc(=O)cc-2oc2cc(O)ccc12. The molecule has 0 spiro atoms. The van der Waals surface area contributed by atoms with Crippen LogP contribution in [0.5, 0.6) is 5.75 Å². The lowest BCUT2D eigenvalue weighted by Gasteiger charge is -2.19. The van der Waals surface area contributed by atoms with Gasteiger partial charge in [-0.25, -0.2) is 23.3 Å². The van der Waals surface area contributed by atoms with E-state index in [0.29, 0.717) is 16.5 Å². The minimum absolute atomic E-state index is 0.117. The van der Waals surface area contributed by atoms with E-state index in [9.17, 15) is 58.0 Å². The zero-order chi connectivity index (χ0) is 40.0. The number of aliphatic hydroxyl groups is 1. The maximum Gasteiger partial charge on any atom is 0.490 e. The lowest BCUT2D eigenvalue weighted by molar-refractivity contribution is -0.0450. The van der Waals surface area contributed by atoms with Crippen LogP contribution in [0.25, 0.3) is 33.4 Å². The van der Waals surface area contributed by atoms with Crippen molar-refractivity contribution in [2.24, 2.45) is 0 Å². The predicted octanol–water partition coefficient (Wildman–Crippen LogP) is 2.21. The van der Waals surface area contributed by atoms with Crippen LogP contribution in [0.2, 0.25) is 0 Å². The first kappa shape index (κ1) is 39.7. The molecule has 8 N–H and O–H groups in total. The number of benzene rings is 3. The van der Waals surface area contributed by atoms with E-state index >= 15 is 0 Å². The number of nitrogens with one attached hydrogen (secondary N) is 1. The molecule has 2 aliphatic heterocycles. The van der Waals surface area contributed by atoms with Gasteiger partial charge in [-0.2, -0.15) is 8.62 Å². The number of phosphoric ester groups is 1. The molecule has 3 aromatic rings. The molecule has 5 atom stereocenters. The molecule has 6 rings (SSSR count). The summed E-state index contributed by atoms with van der Waals surface area (Å²) in [5.41, 5.74) is -1.59. The summed E-state index contributed by atoms with van der Waals surface area (Å²) < 4.78 is 58.4. The van der Waals surface area contributed by atoms with Gasteiger partial charge in [0.2, 0.25) is 0 Å². The summed E-state index contributed by atoms with van der Waals surface area (Å²) in [6, 6.07) is 12.4. The number of fused-ring (bicyclic) bond motifs is 2. The number of hydrogen-bond acceptors (Lipinski definition) is 14. The summed E-state index contributed by atoms with van der Waals surface area (Å²) >= 11 is 0. The molecule has 0 bridgehead atoms. The van der Waals surface area contributed by atoms with Gasteiger partial charge in [0.05, 0.1) is 18.3 Å². The first-order valence-electron chi connectivity index (χ1n) is 15.3. The van der Waals surface area contributed by atoms with Crippen molar-refractivity contribution in [1.82, 2.24) is 9.55 Å². The Kier molecular flexibility index (Phi) is 10.7. The lowest BCUT2D eigenvalue weighted by Crippen LogP contribution is -2.33. The number of aromatic carboxylic acids is 1. The van der Waals surface area contributed by atoms with Gasteiger partial charge >= 0.3 is 35.1 Å². The van der Waals surface area contributed by atoms with Crippen LogP contribution in [0, 0.1) is 11.8 Å². The summed E-state index contributed by atoms with van der Waals surface area (Å²) in [4.78, 5) is 88.3. The zero-order valence-electron chi connectivity index (χ0n) is 27.2. The van der Waals surface area contributed by atoms with Gasteiger partial charge in [-0.1, -0.05) is 17.9 Å². The molecule has 0 amide bonds. The molecule has 0 radical (unpaired) electrons. The van der Waals surface area contributed by atoms with Crippen molar-refractivity contribution in [3.63, 3.8) is 0 Å². The number of carbonyl (C=O) groups is 1. The second-order valence-corrected chi connectivity index (χ2v) is 16.1. The number of H-pyrrole nitrogens is 1. The van der Waals surface area contributed by atoms with Gasteiger partial charge in [0.1, 0.15) is 35.0 Å². The number of ether oxygens (including phenoxy) is 1. The van der Waals surface area contributed by atoms with Gasteiger partial charge < -0.3 is 44.0 Å². The second kappa shape index (κ2) is 14.9. The molecule has 3 heterocycles. The van der Waals surface area contributed by atoms with E-state index in [2.05, 4.69) is 25.0 Å². The van der Waals surface area contributed by atoms with Crippen LogP contribution in [0.3, 0.4) is 0 Å². The third kappa shape index (κ3) is 9.10. The second-order valence-electron chi connectivity index (χ2n) is 11.7.